The van der Waals surface area contributed by atoms with Crippen molar-refractivity contribution in [3.05, 3.63) is 59.2 Å². The van der Waals surface area contributed by atoms with Gasteiger partial charge in [0.2, 0.25) is 0 Å². The van der Waals surface area contributed by atoms with Crippen molar-refractivity contribution in [3.8, 4) is 11.5 Å². The van der Waals surface area contributed by atoms with Crippen molar-refractivity contribution in [3.63, 3.8) is 0 Å². The monoisotopic (exact) mass is 350 g/mol. The number of fused-ring (bicyclic) bond motifs is 1. The first-order chi connectivity index (χ1) is 12.3. The summed E-state index contributed by atoms with van der Waals surface area (Å²) in [7, 11) is 1.59. The van der Waals surface area contributed by atoms with Gasteiger partial charge in [0.15, 0.2) is 5.78 Å². The number of carbonyl (C=O) groups excluding carboxylic acids is 1. The van der Waals surface area contributed by atoms with Gasteiger partial charge in [0.25, 0.3) is 0 Å². The zero-order valence-corrected chi connectivity index (χ0v) is 15.1. The fraction of sp³-hybridized carbons (Fsp3) is 0.190. The van der Waals surface area contributed by atoms with E-state index in [1.165, 1.54) is 6.08 Å². The third-order valence-corrected chi connectivity index (χ3v) is 4.20. The average molecular weight is 350 g/mol. The number of nitrogens with two attached hydrogens (primary N) is 2. The van der Waals surface area contributed by atoms with Crippen LogP contribution in [-0.4, -0.2) is 18.5 Å². The van der Waals surface area contributed by atoms with E-state index in [0.29, 0.717) is 28.4 Å². The summed E-state index contributed by atoms with van der Waals surface area (Å²) in [5.74, 6) is 1.03. The second-order valence-electron chi connectivity index (χ2n) is 6.68. The summed E-state index contributed by atoms with van der Waals surface area (Å²) in [6.07, 6.45) is 7.08. The Hall–Kier alpha value is -3.21. The molecule has 2 aromatic rings. The number of nitrogen functional groups attached to an aromatic ring is 2. The van der Waals surface area contributed by atoms with Gasteiger partial charge in [-0.3, -0.25) is 4.79 Å². The third-order valence-electron chi connectivity index (χ3n) is 4.20. The molecule has 5 heteroatoms. The minimum Gasteiger partial charge on any atom is -0.496 e. The Labute approximate surface area is 152 Å². The molecule has 0 fully saturated rings. The van der Waals surface area contributed by atoms with E-state index in [1.54, 1.807) is 43.5 Å². The van der Waals surface area contributed by atoms with Crippen LogP contribution in [0.2, 0.25) is 0 Å². The van der Waals surface area contributed by atoms with Gasteiger partial charge in [-0.1, -0.05) is 12.1 Å². The lowest BCUT2D eigenvalue weighted by Crippen LogP contribution is -2.28. The molecule has 0 radical (unpaired) electrons. The molecule has 4 N–H and O–H groups in total. The van der Waals surface area contributed by atoms with Crippen LogP contribution in [0.4, 0.5) is 11.4 Å². The molecule has 1 aliphatic heterocycles. The van der Waals surface area contributed by atoms with Crippen LogP contribution in [0.1, 0.15) is 35.3 Å². The average Bonchev–Trinajstić information content (AvgIpc) is 2.60. The largest absolute Gasteiger partial charge is 0.496 e. The molecule has 0 bridgehead atoms. The van der Waals surface area contributed by atoms with Gasteiger partial charge in [0, 0.05) is 0 Å². The third kappa shape index (κ3) is 3.42. The van der Waals surface area contributed by atoms with E-state index in [1.807, 2.05) is 26.0 Å². The molecule has 0 saturated carbocycles. The van der Waals surface area contributed by atoms with Crippen LogP contribution < -0.4 is 20.9 Å². The van der Waals surface area contributed by atoms with Crippen molar-refractivity contribution in [1.29, 1.82) is 0 Å². The first kappa shape index (κ1) is 17.6. The molecular weight excluding hydrogens is 328 g/mol. The molecule has 26 heavy (non-hydrogen) atoms. The summed E-state index contributed by atoms with van der Waals surface area (Å²) in [6, 6.07) is 8.74. The van der Waals surface area contributed by atoms with Gasteiger partial charge in [-0.15, -0.1) is 0 Å². The lowest BCUT2D eigenvalue weighted by atomic mass is 9.97. The number of rotatable bonds is 4. The predicted octanol–water partition coefficient (Wildman–Crippen LogP) is 3.94. The second kappa shape index (κ2) is 6.59. The number of ketones is 1. The maximum Gasteiger partial charge on any atom is 0.189 e. The highest BCUT2D eigenvalue weighted by Gasteiger charge is 2.27. The summed E-state index contributed by atoms with van der Waals surface area (Å²) < 4.78 is 11.4. The Balaban J connectivity index is 1.96. The maximum atomic E-state index is 12.8. The van der Waals surface area contributed by atoms with Crippen LogP contribution in [0.25, 0.3) is 12.2 Å². The van der Waals surface area contributed by atoms with Crippen molar-refractivity contribution >= 4 is 29.3 Å². The molecule has 134 valence electrons. The predicted molar refractivity (Wildman–Crippen MR) is 105 cm³/mol. The highest BCUT2D eigenvalue weighted by atomic mass is 16.5. The van der Waals surface area contributed by atoms with Crippen molar-refractivity contribution in [2.75, 3.05) is 18.6 Å². The number of ether oxygens (including phenoxy) is 2. The molecule has 0 aliphatic carbocycles. The van der Waals surface area contributed by atoms with E-state index >= 15 is 0 Å². The van der Waals surface area contributed by atoms with Crippen LogP contribution in [0.5, 0.6) is 11.5 Å². The molecular formula is C21H22N2O3. The Morgan fingerprint density at radius 3 is 2.62 bits per heavy atom. The van der Waals surface area contributed by atoms with E-state index in [4.69, 9.17) is 20.9 Å². The van der Waals surface area contributed by atoms with Crippen LogP contribution in [0, 0.1) is 0 Å². The highest BCUT2D eigenvalue weighted by molar-refractivity contribution is 6.09. The van der Waals surface area contributed by atoms with Crippen LogP contribution in [-0.2, 0) is 0 Å². The minimum atomic E-state index is -0.497. The normalized spacial score (nSPS) is 14.7. The number of carbonyl (C=O) groups is 1. The van der Waals surface area contributed by atoms with Gasteiger partial charge in [-0.2, -0.15) is 0 Å². The number of allylic oxidation sites excluding steroid dienone is 1. The zero-order chi connectivity index (χ0) is 18.9. The number of anilines is 2. The summed E-state index contributed by atoms with van der Waals surface area (Å²) in [4.78, 5) is 12.8. The molecule has 0 saturated heterocycles. The molecule has 1 aliphatic rings. The van der Waals surface area contributed by atoms with Gasteiger partial charge in [0.05, 0.1) is 29.6 Å². The molecule has 2 aromatic carbocycles. The van der Waals surface area contributed by atoms with Gasteiger partial charge >= 0.3 is 0 Å². The lowest BCUT2D eigenvalue weighted by Gasteiger charge is -2.29. The molecule has 0 unspecified atom stereocenters. The van der Waals surface area contributed by atoms with E-state index in [0.717, 1.165) is 11.1 Å². The topological polar surface area (TPSA) is 87.6 Å². The van der Waals surface area contributed by atoms with Gasteiger partial charge < -0.3 is 20.9 Å². The summed E-state index contributed by atoms with van der Waals surface area (Å²) in [5, 5.41) is 0. The Morgan fingerprint density at radius 2 is 1.92 bits per heavy atom. The van der Waals surface area contributed by atoms with Crippen molar-refractivity contribution in [1.82, 2.24) is 0 Å². The molecule has 0 amide bonds. The van der Waals surface area contributed by atoms with Crippen molar-refractivity contribution in [2.45, 2.75) is 19.4 Å². The molecule has 3 rings (SSSR count). The summed E-state index contributed by atoms with van der Waals surface area (Å²) in [5.41, 5.74) is 14.1. The van der Waals surface area contributed by atoms with Gasteiger partial charge in [-0.25, -0.2) is 0 Å². The fourth-order valence-electron chi connectivity index (χ4n) is 2.76. The second-order valence-corrected chi connectivity index (χ2v) is 6.68. The summed E-state index contributed by atoms with van der Waals surface area (Å²) in [6.45, 7) is 3.88. The number of benzene rings is 2. The Kier molecular flexibility index (Phi) is 4.47. The SMILES string of the molecule is COc1ccc(C(=O)C=Cc2ccc(N)c(N)c2)c2c1C=CC(C)(C)O2. The Morgan fingerprint density at radius 1 is 1.15 bits per heavy atom. The summed E-state index contributed by atoms with van der Waals surface area (Å²) >= 11 is 0. The van der Waals surface area contributed by atoms with Crippen molar-refractivity contribution < 1.29 is 14.3 Å². The van der Waals surface area contributed by atoms with Gasteiger partial charge in [0.1, 0.15) is 17.1 Å². The minimum absolute atomic E-state index is 0.162. The standard InChI is InChI=1S/C21H22N2O3/c1-21(2)11-10-15-19(25-3)9-6-14(20(15)26-21)18(24)8-5-13-4-7-16(22)17(23)12-13/h4-12H,22-23H2,1-3H3. The molecule has 0 spiro atoms. The zero-order valence-electron chi connectivity index (χ0n) is 15.1. The number of methoxy groups -OCH3 is 1. The van der Waals surface area contributed by atoms with Crippen LogP contribution >= 0.6 is 0 Å². The van der Waals surface area contributed by atoms with E-state index < -0.39 is 5.60 Å². The van der Waals surface area contributed by atoms with E-state index in [-0.39, 0.29) is 5.78 Å². The molecule has 0 atom stereocenters. The van der Waals surface area contributed by atoms with Crippen LogP contribution in [0.15, 0.2) is 42.5 Å². The first-order valence-corrected chi connectivity index (χ1v) is 8.27. The van der Waals surface area contributed by atoms with Gasteiger partial charge in [-0.05, 0) is 61.9 Å². The first-order valence-electron chi connectivity index (χ1n) is 8.27. The number of hydrogen-bond donors (Lipinski definition) is 2. The van der Waals surface area contributed by atoms with Crippen molar-refractivity contribution in [2.24, 2.45) is 0 Å². The molecule has 5 nitrogen and oxygen atoms in total. The highest BCUT2D eigenvalue weighted by Crippen LogP contribution is 2.39. The molecule has 1 heterocycles. The van der Waals surface area contributed by atoms with Crippen LogP contribution in [0.3, 0.4) is 0 Å². The maximum absolute atomic E-state index is 12.8. The Bertz CT molecular complexity index is 927. The molecule has 0 aromatic heterocycles. The lowest BCUT2D eigenvalue weighted by molar-refractivity contribution is 0.103. The number of hydrogen-bond acceptors (Lipinski definition) is 5. The quantitative estimate of drug-likeness (QED) is 0.495. The smallest absolute Gasteiger partial charge is 0.189 e. The van der Waals surface area contributed by atoms with E-state index in [2.05, 4.69) is 0 Å². The van der Waals surface area contributed by atoms with E-state index in [9.17, 15) is 4.79 Å². The fourth-order valence-corrected chi connectivity index (χ4v) is 2.76.